The molecule has 0 spiro atoms. The van der Waals surface area contributed by atoms with E-state index >= 15 is 0 Å². The number of aromatic nitrogens is 2. The van der Waals surface area contributed by atoms with Crippen LogP contribution in [0.3, 0.4) is 0 Å². The molecule has 0 radical (unpaired) electrons. The van der Waals surface area contributed by atoms with Gasteiger partial charge in [0.2, 0.25) is 0 Å². The van der Waals surface area contributed by atoms with Gasteiger partial charge in [0.15, 0.2) is 0 Å². The molecule has 2 N–H and O–H groups in total. The van der Waals surface area contributed by atoms with Crippen LogP contribution >= 0.6 is 0 Å². The van der Waals surface area contributed by atoms with Crippen LogP contribution in [0.1, 0.15) is 10.5 Å². The van der Waals surface area contributed by atoms with Crippen LogP contribution in [0.15, 0.2) is 79.1 Å². The molecule has 0 unspecified atom stereocenters. The van der Waals surface area contributed by atoms with Crippen molar-refractivity contribution in [2.75, 3.05) is 10.6 Å². The Bertz CT molecular complexity index is 1060. The molecule has 0 aliphatic heterocycles. The molecule has 5 nitrogen and oxygen atoms in total. The van der Waals surface area contributed by atoms with Gasteiger partial charge >= 0.3 is 0 Å². The fourth-order valence-electron chi connectivity index (χ4n) is 2.59. The number of fused-ring (bicyclic) bond motifs is 1. The van der Waals surface area contributed by atoms with Crippen LogP contribution in [0.4, 0.5) is 21.5 Å². The lowest BCUT2D eigenvalue weighted by Gasteiger charge is -2.08. The number of hydrogen-bond donors (Lipinski definition) is 2. The van der Waals surface area contributed by atoms with Gasteiger partial charge in [0.05, 0.1) is 0 Å². The SMILES string of the molecule is O=C(Nc1ccc(Nc2ccccc2)cc1)c1cn2cc(F)ccc2n1. The van der Waals surface area contributed by atoms with E-state index in [0.29, 0.717) is 11.3 Å². The lowest BCUT2D eigenvalue weighted by Crippen LogP contribution is -2.12. The molecule has 0 saturated heterocycles. The number of imidazole rings is 1. The van der Waals surface area contributed by atoms with Crippen LogP contribution < -0.4 is 10.6 Å². The molecule has 6 heteroatoms. The van der Waals surface area contributed by atoms with E-state index in [1.807, 2.05) is 42.5 Å². The highest BCUT2D eigenvalue weighted by molar-refractivity contribution is 6.03. The predicted octanol–water partition coefficient (Wildman–Crippen LogP) is 4.47. The number of carbonyl (C=O) groups is 1. The summed E-state index contributed by atoms with van der Waals surface area (Å²) in [6, 6.07) is 20.0. The maximum absolute atomic E-state index is 13.2. The number of carbonyl (C=O) groups excluding carboxylic acids is 1. The highest BCUT2D eigenvalue weighted by atomic mass is 19.1. The van der Waals surface area contributed by atoms with E-state index in [-0.39, 0.29) is 17.4 Å². The molecule has 1 amide bonds. The van der Waals surface area contributed by atoms with E-state index in [9.17, 15) is 9.18 Å². The molecular formula is C20H15FN4O. The van der Waals surface area contributed by atoms with Crippen LogP contribution in [-0.2, 0) is 0 Å². The average molecular weight is 346 g/mol. The second-order valence-electron chi connectivity index (χ2n) is 5.76. The Kier molecular flexibility index (Phi) is 4.07. The van der Waals surface area contributed by atoms with Crippen molar-refractivity contribution >= 4 is 28.6 Å². The Morgan fingerprint density at radius 3 is 2.31 bits per heavy atom. The third-order valence-corrected chi connectivity index (χ3v) is 3.85. The van der Waals surface area contributed by atoms with Crippen molar-refractivity contribution in [1.82, 2.24) is 9.38 Å². The zero-order valence-corrected chi connectivity index (χ0v) is 13.7. The number of hydrogen-bond acceptors (Lipinski definition) is 3. The molecule has 0 saturated carbocycles. The van der Waals surface area contributed by atoms with Crippen molar-refractivity contribution in [3.63, 3.8) is 0 Å². The maximum atomic E-state index is 13.2. The van der Waals surface area contributed by atoms with Crippen LogP contribution in [0, 0.1) is 5.82 Å². The van der Waals surface area contributed by atoms with Gasteiger partial charge in [-0.05, 0) is 48.5 Å². The zero-order valence-electron chi connectivity index (χ0n) is 13.7. The molecule has 0 fully saturated rings. The van der Waals surface area contributed by atoms with Gasteiger partial charge in [-0.2, -0.15) is 0 Å². The highest BCUT2D eigenvalue weighted by Gasteiger charge is 2.11. The number of para-hydroxylation sites is 1. The fourth-order valence-corrected chi connectivity index (χ4v) is 2.59. The Balaban J connectivity index is 1.46. The molecule has 0 bridgehead atoms. The van der Waals surface area contributed by atoms with Gasteiger partial charge in [0.1, 0.15) is 17.2 Å². The van der Waals surface area contributed by atoms with Crippen LogP contribution in [-0.4, -0.2) is 15.3 Å². The van der Waals surface area contributed by atoms with Gasteiger partial charge in [0, 0.05) is 29.5 Å². The van der Waals surface area contributed by atoms with E-state index in [4.69, 9.17) is 0 Å². The molecule has 0 aliphatic carbocycles. The Morgan fingerprint density at radius 2 is 1.54 bits per heavy atom. The summed E-state index contributed by atoms with van der Waals surface area (Å²) in [6.45, 7) is 0. The molecule has 4 rings (SSSR count). The summed E-state index contributed by atoms with van der Waals surface area (Å²) in [6.07, 6.45) is 2.78. The number of benzene rings is 2. The van der Waals surface area contributed by atoms with Gasteiger partial charge in [-0.15, -0.1) is 0 Å². The summed E-state index contributed by atoms with van der Waals surface area (Å²) in [4.78, 5) is 16.5. The molecule has 128 valence electrons. The predicted molar refractivity (Wildman–Crippen MR) is 99.3 cm³/mol. The van der Waals surface area contributed by atoms with Crippen LogP contribution in [0.25, 0.3) is 5.65 Å². The second kappa shape index (κ2) is 6.68. The van der Waals surface area contributed by atoms with E-state index in [1.165, 1.54) is 28.9 Å². The number of nitrogens with zero attached hydrogens (tertiary/aromatic N) is 2. The van der Waals surface area contributed by atoms with Crippen molar-refractivity contribution in [2.24, 2.45) is 0 Å². The van der Waals surface area contributed by atoms with E-state index in [0.717, 1.165) is 11.4 Å². The first kappa shape index (κ1) is 15.8. The fraction of sp³-hybridized carbons (Fsp3) is 0. The molecule has 0 atom stereocenters. The van der Waals surface area contributed by atoms with Crippen molar-refractivity contribution in [1.29, 1.82) is 0 Å². The van der Waals surface area contributed by atoms with Crippen molar-refractivity contribution in [3.05, 3.63) is 90.6 Å². The average Bonchev–Trinajstić information content (AvgIpc) is 3.07. The lowest BCUT2D eigenvalue weighted by atomic mass is 10.2. The first-order valence-corrected chi connectivity index (χ1v) is 8.05. The molecular weight excluding hydrogens is 331 g/mol. The Labute approximate surface area is 149 Å². The molecule has 0 aliphatic rings. The van der Waals surface area contributed by atoms with Gasteiger partial charge < -0.3 is 15.0 Å². The minimum atomic E-state index is -0.386. The number of halogens is 1. The third-order valence-electron chi connectivity index (χ3n) is 3.85. The minimum absolute atomic E-state index is 0.224. The first-order valence-electron chi connectivity index (χ1n) is 8.05. The summed E-state index contributed by atoms with van der Waals surface area (Å²) >= 11 is 0. The van der Waals surface area contributed by atoms with Gasteiger partial charge in [-0.3, -0.25) is 4.79 Å². The van der Waals surface area contributed by atoms with Crippen molar-refractivity contribution in [3.8, 4) is 0 Å². The molecule has 2 aromatic carbocycles. The van der Waals surface area contributed by atoms with Crippen molar-refractivity contribution in [2.45, 2.75) is 0 Å². The number of pyridine rings is 1. The van der Waals surface area contributed by atoms with Gasteiger partial charge in [-0.1, -0.05) is 18.2 Å². The normalized spacial score (nSPS) is 10.7. The van der Waals surface area contributed by atoms with E-state index < -0.39 is 0 Å². The third kappa shape index (κ3) is 3.39. The Hall–Kier alpha value is -3.67. The molecule has 4 aromatic rings. The largest absolute Gasteiger partial charge is 0.356 e. The van der Waals surface area contributed by atoms with Crippen LogP contribution in [0.2, 0.25) is 0 Å². The quantitative estimate of drug-likeness (QED) is 0.573. The maximum Gasteiger partial charge on any atom is 0.275 e. The van der Waals surface area contributed by atoms with Gasteiger partial charge in [-0.25, -0.2) is 9.37 Å². The summed E-state index contributed by atoms with van der Waals surface area (Å²) in [5.41, 5.74) is 3.29. The first-order chi connectivity index (χ1) is 12.7. The smallest absolute Gasteiger partial charge is 0.275 e. The summed E-state index contributed by atoms with van der Waals surface area (Å²) in [7, 11) is 0. The monoisotopic (exact) mass is 346 g/mol. The summed E-state index contributed by atoms with van der Waals surface area (Å²) in [5, 5.41) is 6.06. The number of rotatable bonds is 4. The molecule has 2 aromatic heterocycles. The summed E-state index contributed by atoms with van der Waals surface area (Å²) < 4.78 is 14.7. The number of anilines is 3. The standard InChI is InChI=1S/C20H15FN4O/c21-14-6-11-19-24-18(13-25(19)12-14)20(26)23-17-9-7-16(8-10-17)22-15-4-2-1-3-5-15/h1-13,22H,(H,23,26). The molecule has 26 heavy (non-hydrogen) atoms. The van der Waals surface area contributed by atoms with E-state index in [2.05, 4.69) is 15.6 Å². The highest BCUT2D eigenvalue weighted by Crippen LogP contribution is 2.19. The summed E-state index contributed by atoms with van der Waals surface area (Å²) in [5.74, 6) is -0.735. The minimum Gasteiger partial charge on any atom is -0.356 e. The lowest BCUT2D eigenvalue weighted by molar-refractivity contribution is 0.102. The molecule has 2 heterocycles. The van der Waals surface area contributed by atoms with E-state index in [1.54, 1.807) is 12.1 Å². The Morgan fingerprint density at radius 1 is 0.846 bits per heavy atom. The van der Waals surface area contributed by atoms with Crippen LogP contribution in [0.5, 0.6) is 0 Å². The topological polar surface area (TPSA) is 58.4 Å². The van der Waals surface area contributed by atoms with Crippen molar-refractivity contribution < 1.29 is 9.18 Å². The number of nitrogens with one attached hydrogen (secondary N) is 2. The number of amides is 1. The van der Waals surface area contributed by atoms with Gasteiger partial charge in [0.25, 0.3) is 5.91 Å². The zero-order chi connectivity index (χ0) is 17.9. The second-order valence-corrected chi connectivity index (χ2v) is 5.76.